The Morgan fingerprint density at radius 2 is 2.05 bits per heavy atom. The molecule has 0 radical (unpaired) electrons. The summed E-state index contributed by atoms with van der Waals surface area (Å²) in [6.07, 6.45) is -2.93. The molecule has 0 unspecified atom stereocenters. The Morgan fingerprint density at radius 1 is 1.33 bits per heavy atom. The molecule has 2 aromatic rings. The van der Waals surface area contributed by atoms with Crippen LogP contribution < -0.4 is 10.2 Å². The molecule has 0 saturated heterocycles. The standard InChI is InChI=1S/C12H17F3N6/c1-4-16-11-19-9-8(17-6-18-9)10(20-11)21(7(2)3)5-12(13,14)15/h6-7H,4-5H2,1-3H3,(H2,16,17,18,19,20). The Balaban J connectivity index is 2.52. The minimum atomic E-state index is -4.32. The van der Waals surface area contributed by atoms with Gasteiger partial charge in [0.25, 0.3) is 0 Å². The number of halogens is 3. The monoisotopic (exact) mass is 302 g/mol. The van der Waals surface area contributed by atoms with Gasteiger partial charge in [-0.05, 0) is 20.8 Å². The predicted octanol–water partition coefficient (Wildman–Crippen LogP) is 2.56. The number of imidazole rings is 1. The van der Waals surface area contributed by atoms with Crippen LogP contribution in [0.15, 0.2) is 6.33 Å². The Morgan fingerprint density at radius 3 is 2.62 bits per heavy atom. The first-order valence-electron chi connectivity index (χ1n) is 6.60. The number of hydrogen-bond donors (Lipinski definition) is 2. The maximum Gasteiger partial charge on any atom is 0.405 e. The summed E-state index contributed by atoms with van der Waals surface area (Å²) in [6, 6.07) is -0.373. The molecule has 2 heterocycles. The molecule has 0 aliphatic heterocycles. The number of hydrogen-bond acceptors (Lipinski definition) is 5. The molecule has 6 nitrogen and oxygen atoms in total. The summed E-state index contributed by atoms with van der Waals surface area (Å²) in [6.45, 7) is 4.71. The lowest BCUT2D eigenvalue weighted by Gasteiger charge is -2.29. The summed E-state index contributed by atoms with van der Waals surface area (Å²) in [7, 11) is 0. The molecule has 21 heavy (non-hydrogen) atoms. The average molecular weight is 302 g/mol. The molecule has 0 fully saturated rings. The Bertz CT molecular complexity index is 607. The maximum absolute atomic E-state index is 12.8. The fraction of sp³-hybridized carbons (Fsp3) is 0.583. The van der Waals surface area contributed by atoms with Gasteiger partial charge in [-0.2, -0.15) is 23.1 Å². The molecule has 0 amide bonds. The number of anilines is 2. The molecule has 0 aliphatic carbocycles. The van der Waals surface area contributed by atoms with Crippen LogP contribution in [0, 0.1) is 0 Å². The van der Waals surface area contributed by atoms with E-state index in [1.54, 1.807) is 13.8 Å². The second-order valence-electron chi connectivity index (χ2n) is 4.84. The highest BCUT2D eigenvalue weighted by Crippen LogP contribution is 2.28. The maximum atomic E-state index is 12.8. The average Bonchev–Trinajstić information content (AvgIpc) is 2.82. The van der Waals surface area contributed by atoms with Gasteiger partial charge in [-0.3, -0.25) is 0 Å². The van der Waals surface area contributed by atoms with Gasteiger partial charge in [0.1, 0.15) is 12.1 Å². The lowest BCUT2D eigenvalue weighted by atomic mass is 10.3. The first-order valence-corrected chi connectivity index (χ1v) is 6.60. The first-order chi connectivity index (χ1) is 9.81. The van der Waals surface area contributed by atoms with Crippen molar-refractivity contribution >= 4 is 22.9 Å². The van der Waals surface area contributed by atoms with Gasteiger partial charge in [-0.25, -0.2) is 4.98 Å². The molecular weight excluding hydrogens is 285 g/mol. The summed E-state index contributed by atoms with van der Waals surface area (Å²) in [4.78, 5) is 16.3. The number of aromatic amines is 1. The zero-order valence-corrected chi connectivity index (χ0v) is 12.0. The molecule has 0 saturated carbocycles. The molecule has 0 aromatic carbocycles. The van der Waals surface area contributed by atoms with E-state index in [1.807, 2.05) is 6.92 Å². The van der Waals surface area contributed by atoms with Crippen molar-refractivity contribution in [3.63, 3.8) is 0 Å². The van der Waals surface area contributed by atoms with E-state index in [-0.39, 0.29) is 17.8 Å². The van der Waals surface area contributed by atoms with Crippen molar-refractivity contribution in [2.24, 2.45) is 0 Å². The highest BCUT2D eigenvalue weighted by molar-refractivity contribution is 5.84. The second kappa shape index (κ2) is 5.74. The summed E-state index contributed by atoms with van der Waals surface area (Å²) >= 11 is 0. The Hall–Kier alpha value is -2.06. The third kappa shape index (κ3) is 3.53. The molecule has 116 valence electrons. The van der Waals surface area contributed by atoms with Crippen LogP contribution in [0.3, 0.4) is 0 Å². The number of aromatic nitrogens is 4. The van der Waals surface area contributed by atoms with Crippen molar-refractivity contribution in [2.45, 2.75) is 33.0 Å². The van der Waals surface area contributed by atoms with Crippen LogP contribution in [0.5, 0.6) is 0 Å². The zero-order valence-electron chi connectivity index (χ0n) is 12.0. The van der Waals surface area contributed by atoms with Gasteiger partial charge in [-0.15, -0.1) is 0 Å². The minimum Gasteiger partial charge on any atom is -0.354 e. The second-order valence-corrected chi connectivity index (χ2v) is 4.84. The van der Waals surface area contributed by atoms with Gasteiger partial charge in [0, 0.05) is 12.6 Å². The van der Waals surface area contributed by atoms with Gasteiger partial charge in [0.15, 0.2) is 11.5 Å². The van der Waals surface area contributed by atoms with Crippen molar-refractivity contribution in [3.8, 4) is 0 Å². The molecule has 2 rings (SSSR count). The van der Waals surface area contributed by atoms with E-state index in [2.05, 4.69) is 25.3 Å². The first kappa shape index (κ1) is 15.3. The van der Waals surface area contributed by atoms with Crippen molar-refractivity contribution in [1.82, 2.24) is 19.9 Å². The number of alkyl halides is 3. The topological polar surface area (TPSA) is 69.7 Å². The molecule has 0 bridgehead atoms. The normalized spacial score (nSPS) is 12.1. The summed E-state index contributed by atoms with van der Waals surface area (Å²) < 4.78 is 38.4. The number of nitrogens with one attached hydrogen (secondary N) is 2. The smallest absolute Gasteiger partial charge is 0.354 e. The fourth-order valence-electron chi connectivity index (χ4n) is 1.96. The highest BCUT2D eigenvalue weighted by Gasteiger charge is 2.33. The van der Waals surface area contributed by atoms with E-state index in [0.29, 0.717) is 17.7 Å². The van der Waals surface area contributed by atoms with Gasteiger partial charge >= 0.3 is 6.18 Å². The van der Waals surface area contributed by atoms with Gasteiger partial charge in [0.05, 0.1) is 6.33 Å². The molecule has 0 aliphatic rings. The molecular formula is C12H17F3N6. The highest BCUT2D eigenvalue weighted by atomic mass is 19.4. The largest absolute Gasteiger partial charge is 0.405 e. The Kier molecular flexibility index (Phi) is 4.19. The van der Waals surface area contributed by atoms with E-state index in [1.165, 1.54) is 11.2 Å². The molecule has 0 atom stereocenters. The van der Waals surface area contributed by atoms with E-state index in [4.69, 9.17) is 0 Å². The summed E-state index contributed by atoms with van der Waals surface area (Å²) in [5.41, 5.74) is 0.735. The molecule has 2 aromatic heterocycles. The number of rotatable bonds is 5. The van der Waals surface area contributed by atoms with Gasteiger partial charge in [-0.1, -0.05) is 0 Å². The van der Waals surface area contributed by atoms with E-state index < -0.39 is 12.7 Å². The van der Waals surface area contributed by atoms with Crippen LogP contribution in [0.2, 0.25) is 0 Å². The lowest BCUT2D eigenvalue weighted by molar-refractivity contribution is -0.120. The van der Waals surface area contributed by atoms with Crippen LogP contribution in [0.25, 0.3) is 11.2 Å². The predicted molar refractivity (Wildman–Crippen MR) is 74.4 cm³/mol. The van der Waals surface area contributed by atoms with E-state index >= 15 is 0 Å². The van der Waals surface area contributed by atoms with Crippen LogP contribution in [-0.2, 0) is 0 Å². The van der Waals surface area contributed by atoms with Gasteiger partial charge in [0.2, 0.25) is 5.95 Å². The number of H-pyrrole nitrogens is 1. The lowest BCUT2D eigenvalue weighted by Crippen LogP contribution is -2.40. The van der Waals surface area contributed by atoms with Crippen molar-refractivity contribution in [1.29, 1.82) is 0 Å². The van der Waals surface area contributed by atoms with Crippen LogP contribution in [-0.4, -0.2) is 45.2 Å². The molecule has 0 spiro atoms. The zero-order chi connectivity index (χ0) is 15.6. The van der Waals surface area contributed by atoms with Crippen LogP contribution in [0.1, 0.15) is 20.8 Å². The SMILES string of the molecule is CCNc1nc(N(CC(F)(F)F)C(C)C)c2[nH]cnc2n1. The van der Waals surface area contributed by atoms with Crippen molar-refractivity contribution < 1.29 is 13.2 Å². The third-order valence-electron chi connectivity index (χ3n) is 2.85. The van der Waals surface area contributed by atoms with Crippen LogP contribution in [0.4, 0.5) is 24.9 Å². The molecule has 2 N–H and O–H groups in total. The van der Waals surface area contributed by atoms with Crippen molar-refractivity contribution in [3.05, 3.63) is 6.33 Å². The Labute approximate surface area is 119 Å². The van der Waals surface area contributed by atoms with Crippen molar-refractivity contribution in [2.75, 3.05) is 23.3 Å². The van der Waals surface area contributed by atoms with Gasteiger partial charge < -0.3 is 15.2 Å². The fourth-order valence-corrected chi connectivity index (χ4v) is 1.96. The third-order valence-corrected chi connectivity index (χ3v) is 2.85. The summed E-state index contributed by atoms with van der Waals surface area (Å²) in [5, 5.41) is 2.90. The number of fused-ring (bicyclic) bond motifs is 1. The van der Waals surface area contributed by atoms with Crippen LogP contribution >= 0.6 is 0 Å². The van der Waals surface area contributed by atoms with E-state index in [0.717, 1.165) is 0 Å². The van der Waals surface area contributed by atoms with E-state index in [9.17, 15) is 13.2 Å². The minimum absolute atomic E-state index is 0.195. The molecule has 9 heteroatoms. The number of nitrogens with zero attached hydrogens (tertiary/aromatic N) is 4. The quantitative estimate of drug-likeness (QED) is 0.888. The summed E-state index contributed by atoms with van der Waals surface area (Å²) in [5.74, 6) is 0.459.